The molecule has 3 N–H and O–H groups in total. The van der Waals surface area contributed by atoms with Crippen LogP contribution < -0.4 is 16.0 Å². The molecule has 0 unspecified atom stereocenters. The molecule has 0 bridgehead atoms. The van der Waals surface area contributed by atoms with Gasteiger partial charge in [0.25, 0.3) is 5.91 Å². The lowest BCUT2D eigenvalue weighted by Gasteiger charge is -2.24. The normalized spacial score (nSPS) is 12.6. The summed E-state index contributed by atoms with van der Waals surface area (Å²) < 4.78 is 22.6. The summed E-state index contributed by atoms with van der Waals surface area (Å²) in [6, 6.07) is 7.42. The van der Waals surface area contributed by atoms with E-state index in [1.807, 2.05) is 18.2 Å². The molecule has 0 aliphatic rings. The van der Waals surface area contributed by atoms with Crippen molar-refractivity contribution in [1.29, 1.82) is 0 Å². The highest BCUT2D eigenvalue weighted by atomic mass is 32.2. The molecule has 0 aliphatic carbocycles. The summed E-state index contributed by atoms with van der Waals surface area (Å²) in [6.07, 6.45) is 1.94. The number of amides is 1. The zero-order valence-electron chi connectivity index (χ0n) is 15.5. The molecule has 140 valence electrons. The van der Waals surface area contributed by atoms with Crippen LogP contribution in [0.1, 0.15) is 29.8 Å². The van der Waals surface area contributed by atoms with Gasteiger partial charge in [0.05, 0.1) is 4.75 Å². The van der Waals surface area contributed by atoms with Gasteiger partial charge in [0.1, 0.15) is 0 Å². The number of benzene rings is 1. The van der Waals surface area contributed by atoms with Crippen molar-refractivity contribution >= 4 is 21.7 Å². The van der Waals surface area contributed by atoms with E-state index in [4.69, 9.17) is 0 Å². The first-order valence-electron chi connectivity index (χ1n) is 8.06. The Hall–Kier alpha value is -2.09. The number of rotatable bonds is 7. The second-order valence-electron chi connectivity index (χ2n) is 6.41. The molecule has 0 aliphatic heterocycles. The zero-order valence-corrected chi connectivity index (χ0v) is 16.3. The van der Waals surface area contributed by atoms with Gasteiger partial charge >= 0.3 is 0 Å². The van der Waals surface area contributed by atoms with E-state index in [1.165, 1.54) is 6.26 Å². The molecule has 0 heterocycles. The van der Waals surface area contributed by atoms with Crippen molar-refractivity contribution in [3.05, 3.63) is 35.4 Å². The molecule has 0 radical (unpaired) electrons. The van der Waals surface area contributed by atoms with Crippen LogP contribution in [0.25, 0.3) is 0 Å². The lowest BCUT2D eigenvalue weighted by molar-refractivity contribution is 0.0963. The Morgan fingerprint density at radius 3 is 2.48 bits per heavy atom. The van der Waals surface area contributed by atoms with Crippen LogP contribution in [0.15, 0.2) is 29.3 Å². The van der Waals surface area contributed by atoms with E-state index in [0.717, 1.165) is 5.56 Å². The average molecular weight is 369 g/mol. The van der Waals surface area contributed by atoms with E-state index in [9.17, 15) is 13.2 Å². The molecule has 8 heteroatoms. The van der Waals surface area contributed by atoms with Gasteiger partial charge in [-0.1, -0.05) is 12.1 Å². The molecular formula is C17H28N4O3S. The lowest BCUT2D eigenvalue weighted by Crippen LogP contribution is -2.48. The van der Waals surface area contributed by atoms with E-state index in [0.29, 0.717) is 24.5 Å². The first kappa shape index (κ1) is 21.0. The smallest absolute Gasteiger partial charge is 0.251 e. The predicted molar refractivity (Wildman–Crippen MR) is 102 cm³/mol. The average Bonchev–Trinajstić information content (AvgIpc) is 2.56. The second-order valence-corrected chi connectivity index (χ2v) is 9.06. The quantitative estimate of drug-likeness (QED) is 0.483. The fourth-order valence-electron chi connectivity index (χ4n) is 1.99. The van der Waals surface area contributed by atoms with E-state index < -0.39 is 14.6 Å². The van der Waals surface area contributed by atoms with Gasteiger partial charge in [0, 0.05) is 39.0 Å². The van der Waals surface area contributed by atoms with Crippen molar-refractivity contribution in [3.8, 4) is 0 Å². The molecule has 1 aromatic rings. The van der Waals surface area contributed by atoms with Gasteiger partial charge in [-0.3, -0.25) is 9.79 Å². The van der Waals surface area contributed by atoms with E-state index in [2.05, 4.69) is 20.9 Å². The number of guanidine groups is 1. The Bertz CT molecular complexity index is 727. The van der Waals surface area contributed by atoms with Crippen LogP contribution in [0, 0.1) is 0 Å². The molecule has 0 saturated carbocycles. The number of hydrogen-bond donors (Lipinski definition) is 3. The Morgan fingerprint density at radius 1 is 1.24 bits per heavy atom. The van der Waals surface area contributed by atoms with Gasteiger partial charge in [-0.15, -0.1) is 0 Å². The third kappa shape index (κ3) is 6.38. The minimum Gasteiger partial charge on any atom is -0.356 e. The molecule has 0 saturated heterocycles. The first-order chi connectivity index (χ1) is 11.6. The molecule has 0 spiro atoms. The topological polar surface area (TPSA) is 99.7 Å². The van der Waals surface area contributed by atoms with Crippen molar-refractivity contribution < 1.29 is 13.2 Å². The van der Waals surface area contributed by atoms with Crippen molar-refractivity contribution in [2.75, 3.05) is 33.4 Å². The summed E-state index contributed by atoms with van der Waals surface area (Å²) in [7, 11) is 0.0670. The minimum absolute atomic E-state index is 0.115. The molecule has 0 atom stereocenters. The van der Waals surface area contributed by atoms with Crippen molar-refractivity contribution in [1.82, 2.24) is 16.0 Å². The Kier molecular flexibility index (Phi) is 7.41. The number of aliphatic imine (C=N–C) groups is 1. The summed E-state index contributed by atoms with van der Waals surface area (Å²) in [6.45, 7) is 4.22. The Morgan fingerprint density at radius 2 is 1.92 bits per heavy atom. The monoisotopic (exact) mass is 368 g/mol. The summed E-state index contributed by atoms with van der Waals surface area (Å²) in [4.78, 5) is 15.7. The maximum absolute atomic E-state index is 11.7. The number of carbonyl (C=O) groups is 1. The summed E-state index contributed by atoms with van der Waals surface area (Å²) in [5, 5.41) is 8.79. The zero-order chi connectivity index (χ0) is 19.1. The van der Waals surface area contributed by atoms with Crippen molar-refractivity contribution in [3.63, 3.8) is 0 Å². The standard InChI is InChI=1S/C17H28N4O3S/c1-17(2,25(5,23)24)12-21-16(19-4)20-10-9-13-7-6-8-14(11-13)15(22)18-3/h6-8,11H,9-10,12H2,1-5H3,(H,18,22)(H2,19,20,21). The van der Waals surface area contributed by atoms with Crippen LogP contribution in [0.5, 0.6) is 0 Å². The fourth-order valence-corrected chi connectivity index (χ4v) is 2.32. The van der Waals surface area contributed by atoms with Gasteiger partial charge in [-0.05, 0) is 38.0 Å². The largest absolute Gasteiger partial charge is 0.356 e. The van der Waals surface area contributed by atoms with Gasteiger partial charge in [-0.2, -0.15) is 0 Å². The van der Waals surface area contributed by atoms with Gasteiger partial charge in [0.15, 0.2) is 15.8 Å². The molecular weight excluding hydrogens is 340 g/mol. The van der Waals surface area contributed by atoms with Gasteiger partial charge in [-0.25, -0.2) is 8.42 Å². The van der Waals surface area contributed by atoms with Crippen LogP contribution >= 0.6 is 0 Å². The van der Waals surface area contributed by atoms with Crippen LogP contribution in [0.3, 0.4) is 0 Å². The van der Waals surface area contributed by atoms with Crippen LogP contribution in [-0.2, 0) is 16.3 Å². The number of hydrogen-bond acceptors (Lipinski definition) is 4. The van der Waals surface area contributed by atoms with E-state index in [1.54, 1.807) is 34.0 Å². The van der Waals surface area contributed by atoms with E-state index >= 15 is 0 Å². The van der Waals surface area contributed by atoms with Gasteiger partial charge in [0.2, 0.25) is 0 Å². The molecule has 1 aromatic carbocycles. The van der Waals surface area contributed by atoms with Gasteiger partial charge < -0.3 is 16.0 Å². The first-order valence-corrected chi connectivity index (χ1v) is 9.95. The molecule has 1 amide bonds. The molecule has 0 aromatic heterocycles. The lowest BCUT2D eigenvalue weighted by atomic mass is 10.1. The second kappa shape index (κ2) is 8.84. The Balaban J connectivity index is 2.55. The molecule has 1 rings (SSSR count). The number of nitrogens with one attached hydrogen (secondary N) is 3. The van der Waals surface area contributed by atoms with Crippen LogP contribution in [-0.4, -0.2) is 58.5 Å². The number of sulfone groups is 1. The Labute approximate surface area is 150 Å². The summed E-state index contributed by atoms with van der Waals surface area (Å²) >= 11 is 0. The maximum Gasteiger partial charge on any atom is 0.251 e. The predicted octanol–water partition coefficient (Wildman–Crippen LogP) is 0.577. The molecule has 25 heavy (non-hydrogen) atoms. The van der Waals surface area contributed by atoms with Crippen LogP contribution in [0.2, 0.25) is 0 Å². The summed E-state index contributed by atoms with van der Waals surface area (Å²) in [5.74, 6) is 0.425. The summed E-state index contributed by atoms with van der Waals surface area (Å²) in [5.41, 5.74) is 1.65. The molecule has 0 fully saturated rings. The number of nitrogens with zero attached hydrogens (tertiary/aromatic N) is 1. The van der Waals surface area contributed by atoms with E-state index in [-0.39, 0.29) is 12.5 Å². The highest BCUT2D eigenvalue weighted by Gasteiger charge is 2.30. The molecule has 7 nitrogen and oxygen atoms in total. The minimum atomic E-state index is -3.17. The van der Waals surface area contributed by atoms with Crippen molar-refractivity contribution in [2.24, 2.45) is 4.99 Å². The maximum atomic E-state index is 11.7. The third-order valence-electron chi connectivity index (χ3n) is 4.03. The third-order valence-corrected chi connectivity index (χ3v) is 6.18. The number of carbonyl (C=O) groups excluding carboxylic acids is 1. The van der Waals surface area contributed by atoms with Crippen molar-refractivity contribution in [2.45, 2.75) is 25.0 Å². The highest BCUT2D eigenvalue weighted by molar-refractivity contribution is 7.92. The van der Waals surface area contributed by atoms with Crippen LogP contribution in [0.4, 0.5) is 0 Å². The highest BCUT2D eigenvalue weighted by Crippen LogP contribution is 2.13. The fraction of sp³-hybridized carbons (Fsp3) is 0.529. The SMILES string of the molecule is CN=C(NCCc1cccc(C(=O)NC)c1)NCC(C)(C)S(C)(=O)=O.